The summed E-state index contributed by atoms with van der Waals surface area (Å²) in [4.78, 5) is 37.0. The minimum Gasteiger partial charge on any atom is -0.476 e. The fraction of sp³-hybridized carbons (Fsp3) is 0.429. The highest BCUT2D eigenvalue weighted by molar-refractivity contribution is 5.88. The van der Waals surface area contributed by atoms with Gasteiger partial charge in [0.2, 0.25) is 5.91 Å². The van der Waals surface area contributed by atoms with Gasteiger partial charge in [0.15, 0.2) is 5.69 Å². The molecular weight excluding hydrogens is 302 g/mol. The smallest absolute Gasteiger partial charge is 0.356 e. The SMILES string of the molecule is Cc1[nH][nH]c(=O)c1CC(=O)N1CCc2c(c(C(=O)O)nn2C)C1. The number of aryl methyl sites for hydroxylation is 2. The van der Waals surface area contributed by atoms with Gasteiger partial charge in [-0.2, -0.15) is 5.10 Å². The van der Waals surface area contributed by atoms with Crippen molar-refractivity contribution >= 4 is 11.9 Å². The molecule has 2 aromatic rings. The molecule has 0 radical (unpaired) electrons. The summed E-state index contributed by atoms with van der Waals surface area (Å²) in [5.41, 5.74) is 2.12. The van der Waals surface area contributed by atoms with Crippen LogP contribution in [-0.4, -0.2) is 48.4 Å². The molecule has 0 spiro atoms. The summed E-state index contributed by atoms with van der Waals surface area (Å²) in [7, 11) is 1.70. The number of carbonyl (C=O) groups is 2. The monoisotopic (exact) mass is 319 g/mol. The number of H-pyrrole nitrogens is 2. The molecule has 9 heteroatoms. The van der Waals surface area contributed by atoms with Crippen LogP contribution in [0, 0.1) is 6.92 Å². The van der Waals surface area contributed by atoms with Crippen LogP contribution in [0.2, 0.25) is 0 Å². The van der Waals surface area contributed by atoms with E-state index in [0.29, 0.717) is 29.8 Å². The maximum Gasteiger partial charge on any atom is 0.356 e. The molecule has 3 N–H and O–H groups in total. The first-order valence-electron chi connectivity index (χ1n) is 7.20. The van der Waals surface area contributed by atoms with Gasteiger partial charge in [-0.05, 0) is 6.92 Å². The van der Waals surface area contributed by atoms with Crippen molar-refractivity contribution in [2.24, 2.45) is 7.05 Å². The number of rotatable bonds is 3. The van der Waals surface area contributed by atoms with Gasteiger partial charge in [0, 0.05) is 49.1 Å². The Bertz CT molecular complexity index is 844. The zero-order valence-electron chi connectivity index (χ0n) is 12.8. The fourth-order valence-corrected chi connectivity index (χ4v) is 2.92. The molecule has 0 atom stereocenters. The molecule has 1 aliphatic rings. The van der Waals surface area contributed by atoms with Crippen LogP contribution in [0.25, 0.3) is 0 Å². The highest BCUT2D eigenvalue weighted by atomic mass is 16.4. The van der Waals surface area contributed by atoms with Crippen molar-refractivity contribution in [3.05, 3.63) is 38.6 Å². The number of hydrogen-bond donors (Lipinski definition) is 3. The molecule has 122 valence electrons. The van der Waals surface area contributed by atoms with Crippen LogP contribution < -0.4 is 5.56 Å². The van der Waals surface area contributed by atoms with Crippen molar-refractivity contribution in [2.75, 3.05) is 6.54 Å². The molecule has 0 saturated heterocycles. The van der Waals surface area contributed by atoms with Gasteiger partial charge in [-0.25, -0.2) is 4.79 Å². The van der Waals surface area contributed by atoms with Crippen LogP contribution in [0.15, 0.2) is 4.79 Å². The van der Waals surface area contributed by atoms with E-state index in [4.69, 9.17) is 0 Å². The highest BCUT2D eigenvalue weighted by Crippen LogP contribution is 2.22. The molecule has 1 amide bonds. The Morgan fingerprint density at radius 2 is 2.09 bits per heavy atom. The number of amides is 1. The number of aromatic carboxylic acids is 1. The Hall–Kier alpha value is -2.84. The Kier molecular flexibility index (Phi) is 3.55. The summed E-state index contributed by atoms with van der Waals surface area (Å²) in [5.74, 6) is -1.31. The standard InChI is InChI=1S/C14H17N5O4/c1-7-8(13(21)16-15-7)5-11(20)19-4-3-10-9(6-19)12(14(22)23)17-18(10)2/h3-6H2,1-2H3,(H,22,23)(H2,15,16,21). The van der Waals surface area contributed by atoms with Crippen molar-refractivity contribution < 1.29 is 14.7 Å². The number of aromatic nitrogens is 4. The van der Waals surface area contributed by atoms with Gasteiger partial charge < -0.3 is 15.1 Å². The van der Waals surface area contributed by atoms with E-state index in [-0.39, 0.29) is 30.1 Å². The molecule has 3 heterocycles. The molecule has 2 aromatic heterocycles. The summed E-state index contributed by atoms with van der Waals surface area (Å²) >= 11 is 0. The topological polar surface area (TPSA) is 124 Å². The number of carboxylic acids is 1. The predicted molar refractivity (Wildman–Crippen MR) is 79.1 cm³/mol. The summed E-state index contributed by atoms with van der Waals surface area (Å²) in [5, 5.41) is 18.4. The Labute approximate surface area is 130 Å². The zero-order chi connectivity index (χ0) is 16.7. The van der Waals surface area contributed by atoms with Gasteiger partial charge in [-0.3, -0.25) is 19.4 Å². The van der Waals surface area contributed by atoms with E-state index in [1.165, 1.54) is 0 Å². The van der Waals surface area contributed by atoms with E-state index < -0.39 is 5.97 Å². The summed E-state index contributed by atoms with van der Waals surface area (Å²) in [6.45, 7) is 2.40. The van der Waals surface area contributed by atoms with Gasteiger partial charge in [0.1, 0.15) is 0 Å². The van der Waals surface area contributed by atoms with Crippen molar-refractivity contribution in [3.8, 4) is 0 Å². The number of aromatic amines is 2. The Balaban J connectivity index is 1.83. The molecule has 0 aliphatic carbocycles. The number of carbonyl (C=O) groups excluding carboxylic acids is 1. The number of hydrogen-bond acceptors (Lipinski definition) is 4. The molecule has 23 heavy (non-hydrogen) atoms. The maximum atomic E-state index is 12.5. The first-order valence-corrected chi connectivity index (χ1v) is 7.20. The first kappa shape index (κ1) is 15.1. The zero-order valence-corrected chi connectivity index (χ0v) is 12.8. The molecule has 0 bridgehead atoms. The lowest BCUT2D eigenvalue weighted by atomic mass is 10.0. The van der Waals surface area contributed by atoms with Crippen LogP contribution >= 0.6 is 0 Å². The number of nitrogens with zero attached hydrogens (tertiary/aromatic N) is 3. The second-order valence-corrected chi connectivity index (χ2v) is 5.63. The average Bonchev–Trinajstić information content (AvgIpc) is 3.01. The van der Waals surface area contributed by atoms with E-state index in [1.54, 1.807) is 23.6 Å². The van der Waals surface area contributed by atoms with E-state index >= 15 is 0 Å². The van der Waals surface area contributed by atoms with E-state index in [0.717, 1.165) is 5.69 Å². The van der Waals surface area contributed by atoms with E-state index in [1.807, 2.05) is 0 Å². The van der Waals surface area contributed by atoms with Gasteiger partial charge in [-0.1, -0.05) is 0 Å². The van der Waals surface area contributed by atoms with Gasteiger partial charge in [0.25, 0.3) is 5.56 Å². The van der Waals surface area contributed by atoms with Crippen molar-refractivity contribution in [1.82, 2.24) is 24.9 Å². The molecule has 0 saturated carbocycles. The van der Waals surface area contributed by atoms with E-state index in [2.05, 4.69) is 15.3 Å². The minimum atomic E-state index is -1.10. The normalized spacial score (nSPS) is 13.9. The lowest BCUT2D eigenvalue weighted by molar-refractivity contribution is -0.131. The maximum absolute atomic E-state index is 12.5. The molecule has 0 fully saturated rings. The Morgan fingerprint density at radius 3 is 2.70 bits per heavy atom. The van der Waals surface area contributed by atoms with Crippen LogP contribution in [0.1, 0.15) is 33.0 Å². The van der Waals surface area contributed by atoms with Crippen LogP contribution in [0.5, 0.6) is 0 Å². The summed E-state index contributed by atoms with van der Waals surface area (Å²) in [6, 6.07) is 0. The predicted octanol–water partition coefficient (Wildman–Crippen LogP) is -0.429. The third-order valence-electron chi connectivity index (χ3n) is 4.22. The molecule has 0 unspecified atom stereocenters. The van der Waals surface area contributed by atoms with Crippen molar-refractivity contribution in [3.63, 3.8) is 0 Å². The van der Waals surface area contributed by atoms with Crippen molar-refractivity contribution in [2.45, 2.75) is 26.3 Å². The molecule has 3 rings (SSSR count). The van der Waals surface area contributed by atoms with Crippen LogP contribution in [-0.2, 0) is 31.2 Å². The molecule has 0 aromatic carbocycles. The lowest BCUT2D eigenvalue weighted by Crippen LogP contribution is -2.38. The lowest BCUT2D eigenvalue weighted by Gasteiger charge is -2.27. The van der Waals surface area contributed by atoms with Gasteiger partial charge in [-0.15, -0.1) is 0 Å². The number of fused-ring (bicyclic) bond motifs is 1. The van der Waals surface area contributed by atoms with E-state index in [9.17, 15) is 19.5 Å². The van der Waals surface area contributed by atoms with Gasteiger partial charge >= 0.3 is 5.97 Å². The fourth-order valence-electron chi connectivity index (χ4n) is 2.92. The minimum absolute atomic E-state index is 0.0112. The average molecular weight is 319 g/mol. The summed E-state index contributed by atoms with van der Waals surface area (Å²) < 4.78 is 1.56. The number of carboxylic acid groups (broad SMARTS) is 1. The molecule has 1 aliphatic heterocycles. The number of nitrogens with one attached hydrogen (secondary N) is 2. The second kappa shape index (κ2) is 5.41. The second-order valence-electron chi connectivity index (χ2n) is 5.63. The van der Waals surface area contributed by atoms with Crippen LogP contribution in [0.3, 0.4) is 0 Å². The largest absolute Gasteiger partial charge is 0.476 e. The van der Waals surface area contributed by atoms with Crippen molar-refractivity contribution in [1.29, 1.82) is 0 Å². The molecular formula is C14H17N5O4. The Morgan fingerprint density at radius 1 is 1.35 bits per heavy atom. The quantitative estimate of drug-likeness (QED) is 0.708. The first-order chi connectivity index (χ1) is 10.9. The van der Waals surface area contributed by atoms with Crippen LogP contribution in [0.4, 0.5) is 0 Å². The van der Waals surface area contributed by atoms with Gasteiger partial charge in [0.05, 0.1) is 6.42 Å². The third-order valence-corrected chi connectivity index (χ3v) is 4.22. The highest BCUT2D eigenvalue weighted by Gasteiger charge is 2.29. The summed E-state index contributed by atoms with van der Waals surface area (Å²) in [6.07, 6.45) is 0.531. The third kappa shape index (κ3) is 2.54. The molecule has 9 nitrogen and oxygen atoms in total.